The second kappa shape index (κ2) is 7.35. The Morgan fingerprint density at radius 2 is 1.87 bits per heavy atom. The highest BCUT2D eigenvalue weighted by Crippen LogP contribution is 2.41. The van der Waals surface area contributed by atoms with Crippen molar-refractivity contribution in [2.24, 2.45) is 5.73 Å². The minimum atomic E-state index is -4.63. The largest absolute Gasteiger partial charge is 0.459 e. The summed E-state index contributed by atoms with van der Waals surface area (Å²) in [5.74, 6) is -2.93. The Labute approximate surface area is 172 Å². The van der Waals surface area contributed by atoms with Gasteiger partial charge in [-0.15, -0.1) is 11.3 Å². The van der Waals surface area contributed by atoms with Crippen molar-refractivity contribution in [2.75, 3.05) is 13.1 Å². The standard InChI is InChI=1S/C20H17F5N2O2S/c21-19(22)3-5-27(6-4-19)18(28)16-2-1-15(30-16)11-7-12-8-13(10-26)29-17(12)14(9-11)20(23,24)25/h1-2,7-9H,3-6,10,26H2. The van der Waals surface area contributed by atoms with Crippen LogP contribution in [-0.2, 0) is 12.7 Å². The number of rotatable bonds is 3. The number of piperidine rings is 1. The summed E-state index contributed by atoms with van der Waals surface area (Å²) in [5.41, 5.74) is 4.56. The monoisotopic (exact) mass is 444 g/mol. The predicted octanol–water partition coefficient (Wildman–Crippen LogP) is 5.51. The van der Waals surface area contributed by atoms with Gasteiger partial charge in [0.2, 0.25) is 0 Å². The van der Waals surface area contributed by atoms with E-state index in [0.29, 0.717) is 9.75 Å². The molecule has 1 aromatic carbocycles. The molecule has 1 amide bonds. The van der Waals surface area contributed by atoms with Crippen LogP contribution in [0.2, 0.25) is 0 Å². The summed E-state index contributed by atoms with van der Waals surface area (Å²) in [6, 6.07) is 7.05. The van der Waals surface area contributed by atoms with E-state index < -0.39 is 36.4 Å². The number of hydrogen-bond acceptors (Lipinski definition) is 4. The summed E-state index contributed by atoms with van der Waals surface area (Å²) in [7, 11) is 0. The minimum absolute atomic E-state index is 0.0339. The Balaban J connectivity index is 1.67. The fourth-order valence-corrected chi connectivity index (χ4v) is 4.42. The van der Waals surface area contributed by atoms with Gasteiger partial charge in [-0.3, -0.25) is 4.79 Å². The van der Waals surface area contributed by atoms with E-state index >= 15 is 0 Å². The zero-order valence-electron chi connectivity index (χ0n) is 15.6. The molecule has 160 valence electrons. The first-order valence-electron chi connectivity index (χ1n) is 9.18. The molecule has 3 heterocycles. The molecule has 2 aromatic heterocycles. The number of thiophene rings is 1. The summed E-state index contributed by atoms with van der Waals surface area (Å²) in [5, 5.41) is 0.264. The molecule has 0 bridgehead atoms. The van der Waals surface area contributed by atoms with Gasteiger partial charge < -0.3 is 15.1 Å². The molecule has 1 aliphatic heterocycles. The Kier molecular flexibility index (Phi) is 5.09. The fourth-order valence-electron chi connectivity index (χ4n) is 3.46. The van der Waals surface area contributed by atoms with Gasteiger partial charge >= 0.3 is 6.18 Å². The van der Waals surface area contributed by atoms with Crippen LogP contribution in [0.15, 0.2) is 34.7 Å². The Hall–Kier alpha value is -2.46. The molecule has 2 N–H and O–H groups in total. The molecule has 0 saturated carbocycles. The molecule has 1 fully saturated rings. The molecule has 4 rings (SSSR count). The highest BCUT2D eigenvalue weighted by atomic mass is 32.1. The van der Waals surface area contributed by atoms with Gasteiger partial charge in [0, 0.05) is 36.2 Å². The minimum Gasteiger partial charge on any atom is -0.459 e. The molecule has 0 aliphatic carbocycles. The van der Waals surface area contributed by atoms with Gasteiger partial charge in [-0.2, -0.15) is 13.2 Å². The lowest BCUT2D eigenvalue weighted by Crippen LogP contribution is -2.42. The van der Waals surface area contributed by atoms with Crippen LogP contribution in [0.3, 0.4) is 0 Å². The van der Waals surface area contributed by atoms with Gasteiger partial charge in [0.15, 0.2) is 0 Å². The molecule has 4 nitrogen and oxygen atoms in total. The zero-order valence-corrected chi connectivity index (χ0v) is 16.4. The van der Waals surface area contributed by atoms with Crippen molar-refractivity contribution in [1.29, 1.82) is 0 Å². The van der Waals surface area contributed by atoms with Crippen molar-refractivity contribution in [1.82, 2.24) is 4.90 Å². The van der Waals surface area contributed by atoms with Gasteiger partial charge in [-0.25, -0.2) is 8.78 Å². The van der Waals surface area contributed by atoms with Gasteiger partial charge in [-0.05, 0) is 35.9 Å². The maximum atomic E-state index is 13.6. The van der Waals surface area contributed by atoms with Crippen molar-refractivity contribution in [3.63, 3.8) is 0 Å². The number of halogens is 5. The summed E-state index contributed by atoms with van der Waals surface area (Å²) in [6.45, 7) is -0.145. The Morgan fingerprint density at radius 3 is 2.50 bits per heavy atom. The van der Waals surface area contributed by atoms with E-state index in [4.69, 9.17) is 10.2 Å². The fraction of sp³-hybridized carbons (Fsp3) is 0.350. The van der Waals surface area contributed by atoms with Gasteiger partial charge in [0.1, 0.15) is 11.3 Å². The number of carbonyl (C=O) groups is 1. The number of furan rings is 1. The molecule has 1 aliphatic rings. The summed E-state index contributed by atoms with van der Waals surface area (Å²) < 4.78 is 72.5. The maximum absolute atomic E-state index is 13.6. The number of nitrogens with zero attached hydrogens (tertiary/aromatic N) is 1. The highest BCUT2D eigenvalue weighted by molar-refractivity contribution is 7.17. The molecule has 3 aromatic rings. The molecular weight excluding hydrogens is 427 g/mol. The number of nitrogens with two attached hydrogens (primary N) is 1. The van der Waals surface area contributed by atoms with E-state index in [9.17, 15) is 26.7 Å². The number of likely N-dealkylation sites (tertiary alicyclic amines) is 1. The van der Waals surface area contributed by atoms with Crippen molar-refractivity contribution in [3.8, 4) is 10.4 Å². The quantitative estimate of drug-likeness (QED) is 0.542. The third-order valence-corrected chi connectivity index (χ3v) is 6.18. The average Bonchev–Trinajstić information content (AvgIpc) is 3.32. The first-order chi connectivity index (χ1) is 14.1. The summed E-state index contributed by atoms with van der Waals surface area (Å²) >= 11 is 1.03. The molecular formula is C20H17F5N2O2S. The number of fused-ring (bicyclic) bond motifs is 1. The Morgan fingerprint density at radius 1 is 1.17 bits per heavy atom. The normalized spacial score (nSPS) is 16.9. The lowest BCUT2D eigenvalue weighted by atomic mass is 10.1. The van der Waals surface area contributed by atoms with Crippen LogP contribution in [0, 0.1) is 0 Å². The summed E-state index contributed by atoms with van der Waals surface area (Å²) in [6.07, 6.45) is -5.42. The van der Waals surface area contributed by atoms with E-state index in [1.807, 2.05) is 0 Å². The van der Waals surface area contributed by atoms with Crippen LogP contribution in [0.1, 0.15) is 33.8 Å². The van der Waals surface area contributed by atoms with Crippen molar-refractivity contribution < 1.29 is 31.2 Å². The van der Waals surface area contributed by atoms with E-state index in [1.54, 1.807) is 12.1 Å². The smallest absolute Gasteiger partial charge is 0.420 e. The summed E-state index contributed by atoms with van der Waals surface area (Å²) in [4.78, 5) is 14.7. The van der Waals surface area contributed by atoms with Crippen LogP contribution in [0.25, 0.3) is 21.4 Å². The van der Waals surface area contributed by atoms with E-state index in [-0.39, 0.29) is 41.9 Å². The van der Waals surface area contributed by atoms with Crippen molar-refractivity contribution >= 4 is 28.2 Å². The number of alkyl halides is 5. The first kappa shape index (κ1) is 20.8. The third kappa shape index (κ3) is 3.93. The third-order valence-electron chi connectivity index (χ3n) is 5.06. The van der Waals surface area contributed by atoms with E-state index in [2.05, 4.69) is 0 Å². The number of carbonyl (C=O) groups excluding carboxylic acids is 1. The SMILES string of the molecule is NCc1cc2cc(-c3ccc(C(=O)N4CCC(F)(F)CC4)s3)cc(C(F)(F)F)c2o1. The molecule has 30 heavy (non-hydrogen) atoms. The predicted molar refractivity (Wildman–Crippen MR) is 103 cm³/mol. The van der Waals surface area contributed by atoms with Crippen LogP contribution in [-0.4, -0.2) is 29.8 Å². The molecule has 10 heteroatoms. The topological polar surface area (TPSA) is 59.5 Å². The number of amides is 1. The van der Waals surface area contributed by atoms with Gasteiger partial charge in [0.05, 0.1) is 17.0 Å². The van der Waals surface area contributed by atoms with Crippen LogP contribution in [0.5, 0.6) is 0 Å². The van der Waals surface area contributed by atoms with Crippen LogP contribution < -0.4 is 5.73 Å². The van der Waals surface area contributed by atoms with Gasteiger partial charge in [-0.1, -0.05) is 0 Å². The molecule has 0 spiro atoms. The lowest BCUT2D eigenvalue weighted by molar-refractivity contribution is -0.136. The Bertz CT molecular complexity index is 1090. The highest BCUT2D eigenvalue weighted by Gasteiger charge is 2.37. The van der Waals surface area contributed by atoms with E-state index in [1.165, 1.54) is 17.0 Å². The second-order valence-electron chi connectivity index (χ2n) is 7.17. The van der Waals surface area contributed by atoms with Crippen molar-refractivity contribution in [2.45, 2.75) is 31.5 Å². The number of hydrogen-bond donors (Lipinski definition) is 1. The molecule has 0 atom stereocenters. The molecule has 0 radical (unpaired) electrons. The lowest BCUT2D eigenvalue weighted by Gasteiger charge is -2.31. The zero-order chi connectivity index (χ0) is 21.7. The number of benzene rings is 1. The first-order valence-corrected chi connectivity index (χ1v) is 10.00. The van der Waals surface area contributed by atoms with Crippen LogP contribution in [0.4, 0.5) is 22.0 Å². The average molecular weight is 444 g/mol. The van der Waals surface area contributed by atoms with Gasteiger partial charge in [0.25, 0.3) is 11.8 Å². The second-order valence-corrected chi connectivity index (χ2v) is 8.25. The van der Waals surface area contributed by atoms with E-state index in [0.717, 1.165) is 17.4 Å². The van der Waals surface area contributed by atoms with Crippen LogP contribution >= 0.6 is 11.3 Å². The maximum Gasteiger partial charge on any atom is 0.420 e. The van der Waals surface area contributed by atoms with Crippen molar-refractivity contribution in [3.05, 3.63) is 46.5 Å². The molecule has 1 saturated heterocycles. The molecule has 0 unspecified atom stereocenters.